The number of rotatable bonds is 4. The van der Waals surface area contributed by atoms with E-state index in [2.05, 4.69) is 29.2 Å². The van der Waals surface area contributed by atoms with Crippen LogP contribution in [0.5, 0.6) is 0 Å². The molecule has 1 amide bonds. The highest BCUT2D eigenvalue weighted by molar-refractivity contribution is 8.00. The third-order valence-electron chi connectivity index (χ3n) is 3.27. The van der Waals surface area contributed by atoms with Gasteiger partial charge in [0.1, 0.15) is 5.82 Å². The Balaban J connectivity index is 1.73. The normalized spacial score (nSPS) is 10.1. The molecule has 0 fully saturated rings. The third kappa shape index (κ3) is 5.82. The summed E-state index contributed by atoms with van der Waals surface area (Å²) >= 11 is 6.51. The van der Waals surface area contributed by atoms with Crippen molar-refractivity contribution in [3.63, 3.8) is 0 Å². The number of nitrogens with one attached hydrogen (secondary N) is 3. The average Bonchev–Trinajstić information content (AvgIpc) is 2.56. The Morgan fingerprint density at radius 1 is 1.08 bits per heavy atom. The number of hydrogen-bond acceptors (Lipinski definition) is 3. The number of benzene rings is 2. The molecule has 0 aromatic heterocycles. The molecule has 0 bridgehead atoms. The lowest BCUT2D eigenvalue weighted by Crippen LogP contribution is -2.44. The first-order valence-corrected chi connectivity index (χ1v) is 8.65. The minimum absolute atomic E-state index is 0.193. The zero-order chi connectivity index (χ0) is 17.5. The van der Waals surface area contributed by atoms with E-state index in [1.165, 1.54) is 35.0 Å². The molecule has 0 unspecified atom stereocenters. The molecule has 2 rings (SSSR count). The Bertz CT molecular complexity index is 735. The number of thioether (sulfide) groups is 1. The molecule has 0 heterocycles. The molecule has 2 aromatic rings. The van der Waals surface area contributed by atoms with Gasteiger partial charge in [-0.2, -0.15) is 0 Å². The van der Waals surface area contributed by atoms with E-state index >= 15 is 0 Å². The number of carbonyl (C=O) groups is 1. The molecule has 24 heavy (non-hydrogen) atoms. The van der Waals surface area contributed by atoms with Crippen LogP contribution in [-0.2, 0) is 4.79 Å². The zero-order valence-electron chi connectivity index (χ0n) is 13.4. The number of anilines is 1. The zero-order valence-corrected chi connectivity index (χ0v) is 15.0. The first kappa shape index (κ1) is 18.2. The van der Waals surface area contributed by atoms with Gasteiger partial charge in [0.05, 0.1) is 5.75 Å². The maximum Gasteiger partial charge on any atom is 0.248 e. The predicted molar refractivity (Wildman–Crippen MR) is 101 cm³/mol. The number of halogens is 1. The fourth-order valence-corrected chi connectivity index (χ4v) is 2.77. The monoisotopic (exact) mass is 363 g/mol. The van der Waals surface area contributed by atoms with Crippen LogP contribution in [0.15, 0.2) is 47.4 Å². The summed E-state index contributed by atoms with van der Waals surface area (Å²) in [5, 5.41) is 3.07. The number of amides is 1. The second-order valence-electron chi connectivity index (χ2n) is 5.17. The van der Waals surface area contributed by atoms with E-state index in [9.17, 15) is 9.18 Å². The second-order valence-corrected chi connectivity index (χ2v) is 6.63. The molecule has 0 aliphatic rings. The van der Waals surface area contributed by atoms with Crippen LogP contribution in [0.3, 0.4) is 0 Å². The first-order chi connectivity index (χ1) is 11.4. The summed E-state index contributed by atoms with van der Waals surface area (Å²) in [5.41, 5.74) is 8.19. The molecule has 0 aliphatic heterocycles. The topological polar surface area (TPSA) is 53.2 Å². The van der Waals surface area contributed by atoms with Gasteiger partial charge in [-0.05, 0) is 73.6 Å². The first-order valence-electron chi connectivity index (χ1n) is 7.25. The van der Waals surface area contributed by atoms with Crippen molar-refractivity contribution in [3.05, 3.63) is 59.4 Å². The van der Waals surface area contributed by atoms with Crippen LogP contribution in [0.25, 0.3) is 0 Å². The van der Waals surface area contributed by atoms with Crippen LogP contribution in [0, 0.1) is 19.7 Å². The van der Waals surface area contributed by atoms with Gasteiger partial charge in [-0.15, -0.1) is 11.8 Å². The number of carbonyl (C=O) groups excluding carboxylic acids is 1. The summed E-state index contributed by atoms with van der Waals surface area (Å²) in [4.78, 5) is 12.9. The van der Waals surface area contributed by atoms with Crippen LogP contribution in [-0.4, -0.2) is 16.8 Å². The molecule has 126 valence electrons. The van der Waals surface area contributed by atoms with Gasteiger partial charge in [0, 0.05) is 10.6 Å². The van der Waals surface area contributed by atoms with Crippen molar-refractivity contribution >= 4 is 40.7 Å². The molecule has 4 nitrogen and oxygen atoms in total. The molecule has 0 atom stereocenters. The summed E-state index contributed by atoms with van der Waals surface area (Å²) in [6.45, 7) is 4.09. The molecule has 0 saturated carbocycles. The maximum atomic E-state index is 12.8. The fraction of sp³-hybridized carbons (Fsp3) is 0.176. The van der Waals surface area contributed by atoms with Crippen molar-refractivity contribution in [1.82, 2.24) is 10.9 Å². The SMILES string of the molecule is Cc1ccc(SCC(=O)NNC(=S)Nc2ccc(F)cc2)cc1C. The second kappa shape index (κ2) is 8.65. The molecule has 0 saturated heterocycles. The van der Waals surface area contributed by atoms with Crippen molar-refractivity contribution in [2.75, 3.05) is 11.1 Å². The van der Waals surface area contributed by atoms with E-state index in [1.807, 2.05) is 19.1 Å². The lowest BCUT2D eigenvalue weighted by atomic mass is 10.1. The molecule has 0 aliphatic carbocycles. The van der Waals surface area contributed by atoms with E-state index in [0.717, 1.165) is 4.90 Å². The summed E-state index contributed by atoms with van der Waals surface area (Å²) in [7, 11) is 0. The summed E-state index contributed by atoms with van der Waals surface area (Å²) in [6, 6.07) is 11.8. The molecule has 7 heteroatoms. The van der Waals surface area contributed by atoms with Crippen LogP contribution >= 0.6 is 24.0 Å². The Hall–Kier alpha value is -2.12. The highest BCUT2D eigenvalue weighted by Crippen LogP contribution is 2.20. The van der Waals surface area contributed by atoms with E-state index in [4.69, 9.17) is 12.2 Å². The highest BCUT2D eigenvalue weighted by Gasteiger charge is 2.05. The third-order valence-corrected chi connectivity index (χ3v) is 4.46. The summed E-state index contributed by atoms with van der Waals surface area (Å²) in [6.07, 6.45) is 0. The number of aryl methyl sites for hydroxylation is 2. The van der Waals surface area contributed by atoms with Gasteiger partial charge >= 0.3 is 0 Å². The Labute approximate surface area is 150 Å². The van der Waals surface area contributed by atoms with Crippen molar-refractivity contribution in [2.45, 2.75) is 18.7 Å². The molecule has 2 aromatic carbocycles. The molecule has 3 N–H and O–H groups in total. The van der Waals surface area contributed by atoms with E-state index in [1.54, 1.807) is 12.1 Å². The van der Waals surface area contributed by atoms with E-state index in [0.29, 0.717) is 5.69 Å². The fourth-order valence-electron chi connectivity index (χ4n) is 1.81. The van der Waals surface area contributed by atoms with Crippen LogP contribution < -0.4 is 16.2 Å². The minimum atomic E-state index is -0.323. The van der Waals surface area contributed by atoms with Gasteiger partial charge in [0.2, 0.25) is 5.91 Å². The maximum absolute atomic E-state index is 12.8. The molecule has 0 radical (unpaired) electrons. The average molecular weight is 363 g/mol. The van der Waals surface area contributed by atoms with Crippen LogP contribution in [0.4, 0.5) is 10.1 Å². The largest absolute Gasteiger partial charge is 0.331 e. The van der Waals surface area contributed by atoms with Gasteiger partial charge in [0.25, 0.3) is 0 Å². The Kier molecular flexibility index (Phi) is 6.57. The Morgan fingerprint density at radius 2 is 1.79 bits per heavy atom. The standard InChI is InChI=1S/C17H18FN3OS2/c1-11-3-8-15(9-12(11)2)24-10-16(22)20-21-17(23)19-14-6-4-13(18)5-7-14/h3-9H,10H2,1-2H3,(H,20,22)(H2,19,21,23). The van der Waals surface area contributed by atoms with Crippen LogP contribution in [0.2, 0.25) is 0 Å². The van der Waals surface area contributed by atoms with Crippen molar-refractivity contribution in [1.29, 1.82) is 0 Å². The number of thiocarbonyl (C=S) groups is 1. The quantitative estimate of drug-likeness (QED) is 0.441. The van der Waals surface area contributed by atoms with Crippen molar-refractivity contribution in [3.8, 4) is 0 Å². The van der Waals surface area contributed by atoms with Crippen LogP contribution in [0.1, 0.15) is 11.1 Å². The van der Waals surface area contributed by atoms with Gasteiger partial charge in [0.15, 0.2) is 5.11 Å². The van der Waals surface area contributed by atoms with Gasteiger partial charge < -0.3 is 5.32 Å². The van der Waals surface area contributed by atoms with Crippen molar-refractivity contribution < 1.29 is 9.18 Å². The van der Waals surface area contributed by atoms with E-state index < -0.39 is 0 Å². The molecular weight excluding hydrogens is 345 g/mol. The highest BCUT2D eigenvalue weighted by atomic mass is 32.2. The van der Waals surface area contributed by atoms with Gasteiger partial charge in [-0.1, -0.05) is 6.07 Å². The lowest BCUT2D eigenvalue weighted by Gasteiger charge is -2.11. The van der Waals surface area contributed by atoms with Gasteiger partial charge in [-0.25, -0.2) is 4.39 Å². The minimum Gasteiger partial charge on any atom is -0.331 e. The van der Waals surface area contributed by atoms with Crippen molar-refractivity contribution in [2.24, 2.45) is 0 Å². The summed E-state index contributed by atoms with van der Waals surface area (Å²) in [5.74, 6) is -0.244. The smallest absolute Gasteiger partial charge is 0.248 e. The summed E-state index contributed by atoms with van der Waals surface area (Å²) < 4.78 is 12.8. The number of hydrazine groups is 1. The van der Waals surface area contributed by atoms with Gasteiger partial charge in [-0.3, -0.25) is 15.6 Å². The Morgan fingerprint density at radius 3 is 2.46 bits per heavy atom. The number of hydrogen-bond donors (Lipinski definition) is 3. The predicted octanol–water partition coefficient (Wildman–Crippen LogP) is 3.55. The lowest BCUT2D eigenvalue weighted by molar-refractivity contribution is -0.119. The van der Waals surface area contributed by atoms with E-state index in [-0.39, 0.29) is 22.6 Å². The molecular formula is C17H18FN3OS2. The molecule has 0 spiro atoms.